The van der Waals surface area contributed by atoms with Gasteiger partial charge in [0.1, 0.15) is 11.6 Å². The molecule has 4 rings (SSSR count). The average molecular weight is 432 g/mol. The summed E-state index contributed by atoms with van der Waals surface area (Å²) in [7, 11) is 0. The molecule has 148 valence electrons. The smallest absolute Gasteiger partial charge is 0.259 e. The maximum atomic E-state index is 14.1. The van der Waals surface area contributed by atoms with Gasteiger partial charge >= 0.3 is 0 Å². The molecule has 0 bridgehead atoms. The van der Waals surface area contributed by atoms with E-state index in [2.05, 4.69) is 14.7 Å². The number of hydrogen-bond acceptors (Lipinski definition) is 4. The van der Waals surface area contributed by atoms with Crippen LogP contribution in [0, 0.1) is 11.6 Å². The number of anilines is 1. The lowest BCUT2D eigenvalue weighted by molar-refractivity contribution is 0.565. The van der Waals surface area contributed by atoms with E-state index < -0.39 is 22.9 Å². The van der Waals surface area contributed by atoms with Crippen molar-refractivity contribution >= 4 is 34.5 Å². The molecule has 2 aromatic carbocycles. The molecular weight excluding hydrogens is 418 g/mol. The van der Waals surface area contributed by atoms with E-state index in [9.17, 15) is 17.5 Å². The van der Waals surface area contributed by atoms with Crippen molar-refractivity contribution in [2.75, 3.05) is 4.72 Å². The standard InChI is InChI=1S/C19H14F2N4O2S2/c20-13-3-5-17(15(21)10-13)28-18-9-12(2-4-16(18)24-29(26)27)8-14-11-25-7-1-6-22-19(25)23-14/h1-7,9-11,24H,8H2,(H,26,27). The van der Waals surface area contributed by atoms with Crippen molar-refractivity contribution in [2.45, 2.75) is 16.2 Å². The summed E-state index contributed by atoms with van der Waals surface area (Å²) >= 11 is -1.26. The van der Waals surface area contributed by atoms with Gasteiger partial charge in [-0.25, -0.2) is 23.0 Å². The largest absolute Gasteiger partial charge is 0.291 e. The van der Waals surface area contributed by atoms with Crippen molar-refractivity contribution < 1.29 is 17.5 Å². The molecule has 0 aliphatic heterocycles. The Hall–Kier alpha value is -2.82. The van der Waals surface area contributed by atoms with Crippen molar-refractivity contribution in [1.82, 2.24) is 14.4 Å². The van der Waals surface area contributed by atoms with E-state index in [4.69, 9.17) is 0 Å². The summed E-state index contributed by atoms with van der Waals surface area (Å²) in [4.78, 5) is 9.37. The fourth-order valence-corrected chi connectivity index (χ4v) is 4.19. The maximum absolute atomic E-state index is 14.1. The van der Waals surface area contributed by atoms with E-state index in [1.807, 2.05) is 16.8 Å². The number of benzene rings is 2. The summed E-state index contributed by atoms with van der Waals surface area (Å²) in [6.07, 6.45) is 5.86. The molecule has 0 saturated carbocycles. The Morgan fingerprint density at radius 2 is 2.03 bits per heavy atom. The summed E-state index contributed by atoms with van der Waals surface area (Å²) in [6, 6.07) is 10.3. The molecule has 0 fully saturated rings. The lowest BCUT2D eigenvalue weighted by atomic mass is 10.1. The number of fused-ring (bicyclic) bond motifs is 1. The van der Waals surface area contributed by atoms with Gasteiger partial charge in [0, 0.05) is 40.9 Å². The molecule has 2 N–H and O–H groups in total. The van der Waals surface area contributed by atoms with Crippen molar-refractivity contribution in [3.63, 3.8) is 0 Å². The first-order valence-electron chi connectivity index (χ1n) is 8.40. The number of rotatable bonds is 6. The molecule has 1 unspecified atom stereocenters. The lowest BCUT2D eigenvalue weighted by Gasteiger charge is -2.12. The topological polar surface area (TPSA) is 79.5 Å². The molecule has 2 aromatic heterocycles. The molecular formula is C19H14F2N4O2S2. The fraction of sp³-hybridized carbons (Fsp3) is 0.0526. The number of aromatic nitrogens is 3. The zero-order chi connectivity index (χ0) is 20.4. The van der Waals surface area contributed by atoms with Gasteiger partial charge in [0.05, 0.1) is 11.4 Å². The van der Waals surface area contributed by atoms with Crippen LogP contribution in [0.4, 0.5) is 14.5 Å². The normalized spacial score (nSPS) is 12.2. The average Bonchev–Trinajstić information content (AvgIpc) is 3.08. The Morgan fingerprint density at radius 3 is 2.79 bits per heavy atom. The van der Waals surface area contributed by atoms with E-state index in [0.29, 0.717) is 22.8 Å². The summed E-state index contributed by atoms with van der Waals surface area (Å²) in [6.45, 7) is 0. The van der Waals surface area contributed by atoms with Gasteiger partial charge in [0.25, 0.3) is 11.3 Å². The van der Waals surface area contributed by atoms with Crippen LogP contribution in [-0.2, 0) is 17.7 Å². The predicted molar refractivity (Wildman–Crippen MR) is 107 cm³/mol. The number of hydrogen-bond donors (Lipinski definition) is 2. The highest BCUT2D eigenvalue weighted by atomic mass is 32.2. The molecule has 2 heterocycles. The van der Waals surface area contributed by atoms with Crippen molar-refractivity contribution in [3.8, 4) is 0 Å². The van der Waals surface area contributed by atoms with E-state index in [0.717, 1.165) is 35.2 Å². The van der Waals surface area contributed by atoms with Crippen molar-refractivity contribution in [2.24, 2.45) is 0 Å². The van der Waals surface area contributed by atoms with Gasteiger partial charge in [0.2, 0.25) is 5.78 Å². The van der Waals surface area contributed by atoms with Crippen LogP contribution in [0.25, 0.3) is 5.78 Å². The lowest BCUT2D eigenvalue weighted by Crippen LogP contribution is -2.03. The third-order valence-corrected chi connectivity index (χ3v) is 5.53. The first-order valence-corrected chi connectivity index (χ1v) is 10.3. The molecule has 4 aromatic rings. The van der Waals surface area contributed by atoms with Crippen LogP contribution in [0.2, 0.25) is 0 Å². The van der Waals surface area contributed by atoms with E-state index in [1.54, 1.807) is 30.5 Å². The predicted octanol–water partition coefficient (Wildman–Crippen LogP) is 4.30. The van der Waals surface area contributed by atoms with Crippen LogP contribution < -0.4 is 4.72 Å². The minimum absolute atomic E-state index is 0.201. The molecule has 10 heteroatoms. The van der Waals surface area contributed by atoms with Gasteiger partial charge in [-0.05, 0) is 35.9 Å². The Bertz CT molecular complexity index is 1180. The van der Waals surface area contributed by atoms with Gasteiger partial charge in [-0.15, -0.1) is 0 Å². The monoisotopic (exact) mass is 432 g/mol. The van der Waals surface area contributed by atoms with Gasteiger partial charge in [-0.1, -0.05) is 17.8 Å². The third-order valence-electron chi connectivity index (χ3n) is 4.03. The summed E-state index contributed by atoms with van der Waals surface area (Å²) in [5, 5.41) is 0. The van der Waals surface area contributed by atoms with Crippen LogP contribution in [0.15, 0.2) is 70.8 Å². The van der Waals surface area contributed by atoms with Crippen LogP contribution in [-0.4, -0.2) is 23.1 Å². The summed E-state index contributed by atoms with van der Waals surface area (Å²) in [5.74, 6) is -0.793. The minimum Gasteiger partial charge on any atom is -0.291 e. The maximum Gasteiger partial charge on any atom is 0.259 e. The van der Waals surface area contributed by atoms with Gasteiger partial charge in [-0.3, -0.25) is 13.7 Å². The SMILES string of the molecule is O=S(O)Nc1ccc(Cc2cn3cccnc3n2)cc1Sc1ccc(F)cc1F. The summed E-state index contributed by atoms with van der Waals surface area (Å²) < 4.78 is 51.9. The second-order valence-corrected chi connectivity index (χ2v) is 7.88. The quantitative estimate of drug-likeness (QED) is 0.444. The number of nitrogens with zero attached hydrogens (tertiary/aromatic N) is 3. The molecule has 0 amide bonds. The highest BCUT2D eigenvalue weighted by Crippen LogP contribution is 2.36. The zero-order valence-electron chi connectivity index (χ0n) is 14.8. The van der Waals surface area contributed by atoms with E-state index in [-0.39, 0.29) is 4.90 Å². The van der Waals surface area contributed by atoms with Crippen LogP contribution in [0.5, 0.6) is 0 Å². The van der Waals surface area contributed by atoms with Crippen LogP contribution in [0.3, 0.4) is 0 Å². The first-order chi connectivity index (χ1) is 14.0. The minimum atomic E-state index is -2.29. The summed E-state index contributed by atoms with van der Waals surface area (Å²) in [5.41, 5.74) is 2.02. The Labute approximate surface area is 171 Å². The molecule has 6 nitrogen and oxygen atoms in total. The van der Waals surface area contributed by atoms with Crippen LogP contribution in [0.1, 0.15) is 11.3 Å². The van der Waals surface area contributed by atoms with Crippen molar-refractivity contribution in [3.05, 3.63) is 83.9 Å². The molecule has 0 aliphatic carbocycles. The van der Waals surface area contributed by atoms with E-state index >= 15 is 0 Å². The fourth-order valence-electron chi connectivity index (χ4n) is 2.79. The highest BCUT2D eigenvalue weighted by Gasteiger charge is 2.13. The highest BCUT2D eigenvalue weighted by molar-refractivity contribution is 7.99. The van der Waals surface area contributed by atoms with Crippen molar-refractivity contribution in [1.29, 1.82) is 0 Å². The number of imidazole rings is 1. The zero-order valence-corrected chi connectivity index (χ0v) is 16.4. The third kappa shape index (κ3) is 4.61. The Balaban J connectivity index is 1.66. The molecule has 0 aliphatic rings. The molecule has 1 atom stereocenters. The molecule has 0 saturated heterocycles. The Morgan fingerprint density at radius 1 is 1.17 bits per heavy atom. The van der Waals surface area contributed by atoms with Gasteiger partial charge < -0.3 is 0 Å². The molecule has 0 spiro atoms. The molecule has 0 radical (unpaired) electrons. The van der Waals surface area contributed by atoms with Gasteiger partial charge in [-0.2, -0.15) is 0 Å². The molecule has 29 heavy (non-hydrogen) atoms. The number of nitrogens with one attached hydrogen (secondary N) is 1. The number of halogens is 2. The van der Waals surface area contributed by atoms with Gasteiger partial charge in [0.15, 0.2) is 0 Å². The first kappa shape index (κ1) is 19.5. The Kier molecular flexibility index (Phi) is 5.56. The van der Waals surface area contributed by atoms with Crippen LogP contribution >= 0.6 is 11.8 Å². The second-order valence-electron chi connectivity index (χ2n) is 6.09. The van der Waals surface area contributed by atoms with E-state index in [1.165, 1.54) is 6.07 Å². The second kappa shape index (κ2) is 8.27.